The molecule has 0 radical (unpaired) electrons. The second kappa shape index (κ2) is 8.48. The number of nitro groups is 1. The van der Waals surface area contributed by atoms with Crippen molar-refractivity contribution in [3.63, 3.8) is 0 Å². The van der Waals surface area contributed by atoms with Gasteiger partial charge in [-0.15, -0.1) is 0 Å². The molecule has 3 aromatic rings. The summed E-state index contributed by atoms with van der Waals surface area (Å²) in [6.07, 6.45) is 0. The van der Waals surface area contributed by atoms with E-state index in [0.29, 0.717) is 28.2 Å². The fraction of sp³-hybridized carbons (Fsp3) is 0.143. The third-order valence-electron chi connectivity index (χ3n) is 4.65. The van der Waals surface area contributed by atoms with Crippen LogP contribution in [-0.2, 0) is 4.74 Å². The summed E-state index contributed by atoms with van der Waals surface area (Å²) < 4.78 is 6.41. The van der Waals surface area contributed by atoms with Gasteiger partial charge in [0.2, 0.25) is 0 Å². The van der Waals surface area contributed by atoms with E-state index in [1.165, 1.54) is 23.9 Å². The van der Waals surface area contributed by atoms with Crippen LogP contribution in [0.1, 0.15) is 21.7 Å². The molecule has 0 aliphatic heterocycles. The first-order chi connectivity index (χ1) is 14.3. The Morgan fingerprint density at radius 1 is 1.00 bits per heavy atom. The number of rotatable bonds is 5. The minimum Gasteiger partial charge on any atom is -0.465 e. The van der Waals surface area contributed by atoms with Gasteiger partial charge in [-0.05, 0) is 43.7 Å². The van der Waals surface area contributed by atoms with Crippen molar-refractivity contribution < 1.29 is 19.2 Å². The van der Waals surface area contributed by atoms with E-state index in [4.69, 9.17) is 4.74 Å². The van der Waals surface area contributed by atoms with Crippen LogP contribution in [0.25, 0.3) is 11.1 Å². The van der Waals surface area contributed by atoms with Crippen LogP contribution in [0.2, 0.25) is 0 Å². The molecule has 0 unspecified atom stereocenters. The number of hydrogen-bond acceptors (Lipinski definition) is 5. The lowest BCUT2D eigenvalue weighted by Gasteiger charge is -2.13. The van der Waals surface area contributed by atoms with Gasteiger partial charge in [0.1, 0.15) is 0 Å². The number of nitrogens with one attached hydrogen (secondary N) is 2. The minimum absolute atomic E-state index is 0.0625. The average Bonchev–Trinajstić information content (AvgIpc) is 2.98. The predicted molar refractivity (Wildman–Crippen MR) is 112 cm³/mol. The number of urea groups is 1. The predicted octanol–water partition coefficient (Wildman–Crippen LogP) is 4.24. The number of hydrogen-bond donors (Lipinski definition) is 2. The van der Waals surface area contributed by atoms with Crippen LogP contribution in [0.15, 0.2) is 54.6 Å². The zero-order chi connectivity index (χ0) is 21.8. The van der Waals surface area contributed by atoms with Crippen LogP contribution in [-0.4, -0.2) is 28.7 Å². The maximum Gasteiger partial charge on any atom is 0.340 e. The lowest BCUT2D eigenvalue weighted by Crippen LogP contribution is -2.29. The molecule has 2 amide bonds. The van der Waals surface area contributed by atoms with Crippen LogP contribution in [0.3, 0.4) is 0 Å². The number of amides is 2. The number of esters is 1. The molecule has 1 heterocycles. The van der Waals surface area contributed by atoms with Gasteiger partial charge in [0.15, 0.2) is 0 Å². The molecule has 2 N–H and O–H groups in total. The second-order valence-electron chi connectivity index (χ2n) is 6.48. The van der Waals surface area contributed by atoms with E-state index < -0.39 is 16.9 Å². The number of carbonyl (C=O) groups excluding carboxylic acids is 2. The van der Waals surface area contributed by atoms with Crippen LogP contribution in [0.5, 0.6) is 0 Å². The number of methoxy groups -OCH3 is 1. The van der Waals surface area contributed by atoms with Gasteiger partial charge in [-0.2, -0.15) is 0 Å². The zero-order valence-electron chi connectivity index (χ0n) is 16.6. The van der Waals surface area contributed by atoms with E-state index in [1.54, 1.807) is 50.2 Å². The van der Waals surface area contributed by atoms with E-state index in [9.17, 15) is 19.7 Å². The maximum absolute atomic E-state index is 12.5. The first-order valence-corrected chi connectivity index (χ1v) is 9.01. The fourth-order valence-corrected chi connectivity index (χ4v) is 3.24. The molecule has 0 aliphatic rings. The van der Waals surface area contributed by atoms with Crippen molar-refractivity contribution in [3.05, 3.63) is 81.7 Å². The van der Waals surface area contributed by atoms with Gasteiger partial charge in [-0.1, -0.05) is 18.2 Å². The third-order valence-corrected chi connectivity index (χ3v) is 4.65. The number of para-hydroxylation sites is 1. The Balaban J connectivity index is 2.01. The number of nitrogens with zero attached hydrogens (tertiary/aromatic N) is 2. The summed E-state index contributed by atoms with van der Waals surface area (Å²) in [5, 5.41) is 13.7. The molecule has 3 rings (SSSR count). The molecule has 0 saturated carbocycles. The van der Waals surface area contributed by atoms with Crippen molar-refractivity contribution in [1.29, 1.82) is 0 Å². The summed E-state index contributed by atoms with van der Waals surface area (Å²) in [6.45, 7) is 3.41. The number of carbonyl (C=O) groups is 2. The average molecular weight is 408 g/mol. The molecular formula is C21H20N4O5. The van der Waals surface area contributed by atoms with Crippen LogP contribution >= 0.6 is 0 Å². The van der Waals surface area contributed by atoms with Crippen LogP contribution in [0.4, 0.5) is 16.2 Å². The van der Waals surface area contributed by atoms with Crippen molar-refractivity contribution in [2.45, 2.75) is 13.8 Å². The van der Waals surface area contributed by atoms with Gasteiger partial charge in [0.25, 0.3) is 5.69 Å². The topological polar surface area (TPSA) is 116 Å². The van der Waals surface area contributed by atoms with Gasteiger partial charge in [0, 0.05) is 29.1 Å². The zero-order valence-corrected chi connectivity index (χ0v) is 16.6. The van der Waals surface area contributed by atoms with E-state index in [0.717, 1.165) is 0 Å². The Bertz CT molecular complexity index is 1100. The lowest BCUT2D eigenvalue weighted by molar-refractivity contribution is -0.384. The summed E-state index contributed by atoms with van der Waals surface area (Å²) in [7, 11) is 1.27. The fourth-order valence-electron chi connectivity index (χ4n) is 3.24. The summed E-state index contributed by atoms with van der Waals surface area (Å²) in [5.41, 5.74) is 5.69. The van der Waals surface area contributed by atoms with E-state index >= 15 is 0 Å². The van der Waals surface area contributed by atoms with Crippen LogP contribution in [0, 0.1) is 24.0 Å². The Morgan fingerprint density at radius 3 is 2.20 bits per heavy atom. The van der Waals surface area contributed by atoms with E-state index in [1.807, 2.05) is 6.07 Å². The van der Waals surface area contributed by atoms with Gasteiger partial charge in [-0.3, -0.25) is 14.8 Å². The largest absolute Gasteiger partial charge is 0.465 e. The van der Waals surface area contributed by atoms with E-state index in [-0.39, 0.29) is 11.3 Å². The molecular weight excluding hydrogens is 388 g/mol. The third kappa shape index (κ3) is 4.00. The Morgan fingerprint density at radius 2 is 1.63 bits per heavy atom. The minimum atomic E-state index is -0.576. The molecule has 0 fully saturated rings. The molecule has 0 aliphatic carbocycles. The number of non-ortho nitro benzene ring substituents is 1. The number of nitro benzene ring substituents is 1. The molecule has 0 spiro atoms. The molecule has 2 aromatic carbocycles. The molecule has 9 heteroatoms. The number of aromatic nitrogens is 1. The Labute approximate surface area is 172 Å². The van der Waals surface area contributed by atoms with Gasteiger partial charge < -0.3 is 10.1 Å². The molecule has 154 valence electrons. The highest BCUT2D eigenvalue weighted by Crippen LogP contribution is 2.33. The quantitative estimate of drug-likeness (QED) is 0.372. The van der Waals surface area contributed by atoms with Gasteiger partial charge in [-0.25, -0.2) is 15.0 Å². The first-order valence-electron chi connectivity index (χ1n) is 9.01. The molecule has 9 nitrogen and oxygen atoms in total. The summed E-state index contributed by atoms with van der Waals surface area (Å²) in [4.78, 5) is 35.4. The highest BCUT2D eigenvalue weighted by atomic mass is 16.6. The number of anilines is 1. The van der Waals surface area contributed by atoms with Crippen LogP contribution < -0.4 is 10.7 Å². The summed E-state index contributed by atoms with van der Waals surface area (Å²) in [5.74, 6) is -0.576. The second-order valence-corrected chi connectivity index (χ2v) is 6.48. The van der Waals surface area contributed by atoms with Crippen molar-refractivity contribution in [1.82, 2.24) is 4.68 Å². The summed E-state index contributed by atoms with van der Waals surface area (Å²) >= 11 is 0. The maximum atomic E-state index is 12.5. The molecule has 0 bridgehead atoms. The molecule has 0 saturated heterocycles. The number of ether oxygens (including phenoxy) is 1. The molecule has 0 atom stereocenters. The van der Waals surface area contributed by atoms with Gasteiger partial charge >= 0.3 is 12.0 Å². The van der Waals surface area contributed by atoms with Crippen molar-refractivity contribution in [3.8, 4) is 11.1 Å². The highest BCUT2D eigenvalue weighted by molar-refractivity contribution is 6.01. The normalized spacial score (nSPS) is 10.4. The Hall–Kier alpha value is -4.14. The SMILES string of the molecule is COC(=O)c1c(-c2ccc([N+](=O)[O-])cc2)c(C)n(NC(=O)Nc2ccccc2)c1C. The smallest absolute Gasteiger partial charge is 0.340 e. The lowest BCUT2D eigenvalue weighted by atomic mass is 10.0. The highest BCUT2D eigenvalue weighted by Gasteiger charge is 2.26. The van der Waals surface area contributed by atoms with E-state index in [2.05, 4.69) is 10.7 Å². The monoisotopic (exact) mass is 408 g/mol. The molecule has 30 heavy (non-hydrogen) atoms. The summed E-state index contributed by atoms with van der Waals surface area (Å²) in [6, 6.07) is 14.3. The van der Waals surface area contributed by atoms with Crippen molar-refractivity contribution in [2.24, 2.45) is 0 Å². The van der Waals surface area contributed by atoms with Crippen molar-refractivity contribution in [2.75, 3.05) is 17.9 Å². The van der Waals surface area contributed by atoms with Crippen molar-refractivity contribution >= 4 is 23.4 Å². The number of benzene rings is 2. The Kier molecular flexibility index (Phi) is 5.82. The standard InChI is InChI=1S/C21H20N4O5/c1-13-18(15-9-11-17(12-10-15)25(28)29)19(20(26)30-3)14(2)24(13)23-21(27)22-16-7-5-4-6-8-16/h4-12H,1-3H3,(H2,22,23,27). The van der Waals surface area contributed by atoms with Gasteiger partial charge in [0.05, 0.1) is 23.3 Å². The molecule has 1 aromatic heterocycles. The first kappa shape index (κ1) is 20.6.